The van der Waals surface area contributed by atoms with E-state index in [0.29, 0.717) is 0 Å². The van der Waals surface area contributed by atoms with Crippen molar-refractivity contribution in [3.8, 4) is 0 Å². The van der Waals surface area contributed by atoms with Crippen LogP contribution in [0.4, 0.5) is 0 Å². The quantitative estimate of drug-likeness (QED) is 0.553. The van der Waals surface area contributed by atoms with Gasteiger partial charge in [-0.2, -0.15) is 4.40 Å². The van der Waals surface area contributed by atoms with Crippen molar-refractivity contribution >= 4 is 27.2 Å². The van der Waals surface area contributed by atoms with E-state index >= 15 is 0 Å². The molecule has 0 amide bonds. The standard InChI is InChI=1S/C3H4N2O3S2/c4-10(7,8)3-1-2-5-9(3)6/h1-2H,(H2,4,7,8). The van der Waals surface area contributed by atoms with E-state index in [9.17, 15) is 12.6 Å². The monoisotopic (exact) mass is 180 g/mol. The summed E-state index contributed by atoms with van der Waals surface area (Å²) in [7, 11) is -5.63. The van der Waals surface area contributed by atoms with Crippen LogP contribution in [0, 0.1) is 0 Å². The minimum atomic E-state index is -3.82. The van der Waals surface area contributed by atoms with E-state index in [0.717, 1.165) is 12.3 Å². The molecule has 0 bridgehead atoms. The van der Waals surface area contributed by atoms with E-state index in [2.05, 4.69) is 9.54 Å². The second-order valence-corrected chi connectivity index (χ2v) is 4.47. The maximum absolute atomic E-state index is 10.6. The lowest BCUT2D eigenvalue weighted by Crippen LogP contribution is -2.15. The summed E-state index contributed by atoms with van der Waals surface area (Å²) in [6.45, 7) is 0. The molecule has 1 heterocycles. The van der Waals surface area contributed by atoms with Crippen LogP contribution < -0.4 is 5.14 Å². The Hall–Kier alpha value is -0.530. The zero-order valence-corrected chi connectivity index (χ0v) is 6.35. The van der Waals surface area contributed by atoms with Gasteiger partial charge in [0.1, 0.15) is 0 Å². The van der Waals surface area contributed by atoms with Crippen molar-refractivity contribution in [2.75, 3.05) is 0 Å². The number of hydrogen-bond acceptors (Lipinski definition) is 3. The molecule has 1 atom stereocenters. The number of rotatable bonds is 1. The molecule has 0 spiro atoms. The lowest BCUT2D eigenvalue weighted by atomic mass is 10.7. The van der Waals surface area contributed by atoms with Crippen LogP contribution in [0.15, 0.2) is 14.7 Å². The summed E-state index contributed by atoms with van der Waals surface area (Å²) in [6.07, 6.45) is 2.27. The molecule has 0 saturated carbocycles. The summed E-state index contributed by atoms with van der Waals surface area (Å²) < 4.78 is 34.5. The molecule has 10 heavy (non-hydrogen) atoms. The third kappa shape index (κ3) is 1.31. The fourth-order valence-electron chi connectivity index (χ4n) is 0.451. The summed E-state index contributed by atoms with van der Waals surface area (Å²) in [5.41, 5.74) is 0. The number of nitrogens with two attached hydrogens (primary N) is 1. The van der Waals surface area contributed by atoms with Crippen molar-refractivity contribution in [3.63, 3.8) is 0 Å². The first-order chi connectivity index (χ1) is 4.52. The third-order valence-corrected chi connectivity index (χ3v) is 3.43. The van der Waals surface area contributed by atoms with Gasteiger partial charge in [0.15, 0.2) is 15.2 Å². The highest BCUT2D eigenvalue weighted by atomic mass is 32.3. The van der Waals surface area contributed by atoms with Gasteiger partial charge < -0.3 is 0 Å². The van der Waals surface area contributed by atoms with Gasteiger partial charge in [0.25, 0.3) is 0 Å². The highest BCUT2D eigenvalue weighted by Gasteiger charge is 2.21. The second kappa shape index (κ2) is 2.26. The lowest BCUT2D eigenvalue weighted by molar-refractivity contribution is 0.605. The summed E-state index contributed by atoms with van der Waals surface area (Å²) in [5.74, 6) is 0. The first kappa shape index (κ1) is 7.58. The van der Waals surface area contributed by atoms with Gasteiger partial charge in [0.05, 0.1) is 0 Å². The van der Waals surface area contributed by atoms with Crippen molar-refractivity contribution in [2.45, 2.75) is 0 Å². The van der Waals surface area contributed by atoms with Crippen LogP contribution in [0.5, 0.6) is 0 Å². The van der Waals surface area contributed by atoms with Crippen LogP contribution >= 0.6 is 0 Å². The zero-order valence-electron chi connectivity index (χ0n) is 4.72. The summed E-state index contributed by atoms with van der Waals surface area (Å²) in [4.78, 5) is 0. The van der Waals surface area contributed by atoms with E-state index in [1.807, 2.05) is 0 Å². The number of primary sulfonamides is 1. The highest BCUT2D eigenvalue weighted by molar-refractivity contribution is 8.10. The Morgan fingerprint density at radius 1 is 1.60 bits per heavy atom. The summed E-state index contributed by atoms with van der Waals surface area (Å²) in [6, 6.07) is 0. The molecule has 7 heteroatoms. The fourth-order valence-corrected chi connectivity index (χ4v) is 2.08. The van der Waals surface area contributed by atoms with Gasteiger partial charge in [-0.05, 0) is 6.08 Å². The Morgan fingerprint density at radius 2 is 2.20 bits per heavy atom. The smallest absolute Gasteiger partial charge is 0.229 e. The Kier molecular flexibility index (Phi) is 1.71. The maximum Gasteiger partial charge on any atom is 0.248 e. The van der Waals surface area contributed by atoms with Crippen molar-refractivity contribution in [3.05, 3.63) is 10.3 Å². The molecule has 1 aliphatic rings. The third-order valence-electron chi connectivity index (χ3n) is 0.820. The topological polar surface area (TPSA) is 89.6 Å². The molecule has 0 fully saturated rings. The Balaban J connectivity index is 3.12. The van der Waals surface area contributed by atoms with Gasteiger partial charge in [-0.15, -0.1) is 0 Å². The van der Waals surface area contributed by atoms with Crippen molar-refractivity contribution in [1.29, 1.82) is 0 Å². The van der Waals surface area contributed by atoms with E-state index in [-0.39, 0.29) is 4.24 Å². The molecule has 0 aromatic rings. The van der Waals surface area contributed by atoms with Crippen molar-refractivity contribution in [2.24, 2.45) is 9.54 Å². The predicted octanol–water partition coefficient (Wildman–Crippen LogP) is -1.14. The molecule has 0 radical (unpaired) electrons. The number of sulfonamides is 1. The largest absolute Gasteiger partial charge is 0.248 e. The van der Waals surface area contributed by atoms with Crippen LogP contribution in [-0.2, 0) is 21.0 Å². The van der Waals surface area contributed by atoms with Crippen LogP contribution in [0.3, 0.4) is 0 Å². The molecule has 0 aliphatic carbocycles. The van der Waals surface area contributed by atoms with E-state index in [1.54, 1.807) is 0 Å². The average molecular weight is 180 g/mol. The SMILES string of the molecule is NS(=O)(=O)C1=CC=NS1=O. The van der Waals surface area contributed by atoms with Crippen molar-refractivity contribution < 1.29 is 12.6 Å². The molecule has 0 aromatic carbocycles. The molecule has 56 valence electrons. The van der Waals surface area contributed by atoms with Gasteiger partial charge in [-0.25, -0.2) is 17.8 Å². The van der Waals surface area contributed by atoms with E-state index in [4.69, 9.17) is 0 Å². The van der Waals surface area contributed by atoms with Gasteiger partial charge in [0.2, 0.25) is 10.0 Å². The highest BCUT2D eigenvalue weighted by Crippen LogP contribution is 2.11. The predicted molar refractivity (Wildman–Crippen MR) is 37.8 cm³/mol. The molecule has 1 rings (SSSR count). The lowest BCUT2D eigenvalue weighted by Gasteiger charge is -1.92. The fraction of sp³-hybridized carbons (Fsp3) is 0. The van der Waals surface area contributed by atoms with E-state index < -0.39 is 21.0 Å². The van der Waals surface area contributed by atoms with Gasteiger partial charge in [0, 0.05) is 6.21 Å². The molecule has 1 unspecified atom stereocenters. The maximum atomic E-state index is 10.6. The van der Waals surface area contributed by atoms with Crippen LogP contribution in [0.2, 0.25) is 0 Å². The molecule has 5 nitrogen and oxygen atoms in total. The van der Waals surface area contributed by atoms with Crippen LogP contribution in [-0.4, -0.2) is 18.8 Å². The zero-order chi connectivity index (χ0) is 7.78. The second-order valence-electron chi connectivity index (χ2n) is 1.53. The molecule has 0 aromatic heterocycles. The minimum Gasteiger partial charge on any atom is -0.229 e. The summed E-state index contributed by atoms with van der Waals surface area (Å²) >= 11 is 0. The first-order valence-electron chi connectivity index (χ1n) is 2.21. The minimum absolute atomic E-state index is 0.340. The Bertz CT molecular complexity index is 326. The van der Waals surface area contributed by atoms with Gasteiger partial charge in [-0.3, -0.25) is 0 Å². The van der Waals surface area contributed by atoms with Crippen LogP contribution in [0.1, 0.15) is 0 Å². The van der Waals surface area contributed by atoms with Crippen LogP contribution in [0.25, 0.3) is 0 Å². The number of allylic oxidation sites excluding steroid dienone is 1. The number of hydrogen-bond donors (Lipinski definition) is 1. The molecule has 1 aliphatic heterocycles. The molecule has 0 saturated heterocycles. The van der Waals surface area contributed by atoms with Crippen molar-refractivity contribution in [1.82, 2.24) is 0 Å². The first-order valence-corrected chi connectivity index (χ1v) is 4.86. The Labute approximate surface area is 60.3 Å². The van der Waals surface area contributed by atoms with Gasteiger partial charge in [-0.1, -0.05) is 0 Å². The van der Waals surface area contributed by atoms with E-state index in [1.165, 1.54) is 0 Å². The Morgan fingerprint density at radius 3 is 2.40 bits per heavy atom. The molecular formula is C3H4N2O3S2. The summed E-state index contributed by atoms with van der Waals surface area (Å²) in [5, 5.41) is 4.66. The normalized spacial score (nSPS) is 24.9. The molecular weight excluding hydrogens is 176 g/mol. The van der Waals surface area contributed by atoms with Gasteiger partial charge >= 0.3 is 0 Å². The molecule has 2 N–H and O–H groups in total. The average Bonchev–Trinajstić information content (AvgIpc) is 2.11. The number of nitrogens with zero attached hydrogens (tertiary/aromatic N) is 1.